The highest BCUT2D eigenvalue weighted by Gasteiger charge is 2.33. The Morgan fingerprint density at radius 3 is 2.67 bits per heavy atom. The van der Waals surface area contributed by atoms with Gasteiger partial charge in [0.1, 0.15) is 0 Å². The summed E-state index contributed by atoms with van der Waals surface area (Å²) in [5, 5.41) is 10.3. The third-order valence-electron chi connectivity index (χ3n) is 4.10. The van der Waals surface area contributed by atoms with Crippen molar-refractivity contribution in [3.8, 4) is 0 Å². The first-order valence-electron chi connectivity index (χ1n) is 7.18. The minimum atomic E-state index is -0.281. The lowest BCUT2D eigenvalue weighted by Crippen LogP contribution is -2.27. The number of hydrogen-bond acceptors (Lipinski definition) is 1. The van der Waals surface area contributed by atoms with Crippen LogP contribution >= 0.6 is 0 Å². The summed E-state index contributed by atoms with van der Waals surface area (Å²) in [5.74, 6) is 0.708. The fourth-order valence-electron chi connectivity index (χ4n) is 3.36. The summed E-state index contributed by atoms with van der Waals surface area (Å²) in [6.07, 6.45) is 5.04. The zero-order valence-corrected chi connectivity index (χ0v) is 12.4. The lowest BCUT2D eigenvalue weighted by molar-refractivity contribution is 0.0974. The molecule has 1 N–H and O–H groups in total. The highest BCUT2D eigenvalue weighted by molar-refractivity contribution is 5.29. The fraction of sp³-hybridized carbons (Fsp3) is 0.750. The fourth-order valence-corrected chi connectivity index (χ4v) is 3.36. The number of nitrogens with zero attached hydrogens (tertiary/aromatic N) is 1. The Balaban J connectivity index is 2.30. The van der Waals surface area contributed by atoms with Crippen molar-refractivity contribution < 1.29 is 5.11 Å². The van der Waals surface area contributed by atoms with Crippen LogP contribution < -0.4 is 0 Å². The molecule has 0 aliphatic heterocycles. The second-order valence-electron chi connectivity index (χ2n) is 7.16. The maximum Gasteiger partial charge on any atom is 0.0812 e. The van der Waals surface area contributed by atoms with Crippen molar-refractivity contribution in [1.82, 2.24) is 4.57 Å². The van der Waals surface area contributed by atoms with Crippen molar-refractivity contribution in [3.05, 3.63) is 23.5 Å². The molecule has 1 aromatic heterocycles. The van der Waals surface area contributed by atoms with Crippen LogP contribution in [0.5, 0.6) is 0 Å². The molecule has 0 saturated heterocycles. The number of aliphatic hydroxyl groups is 1. The van der Waals surface area contributed by atoms with E-state index >= 15 is 0 Å². The molecule has 18 heavy (non-hydrogen) atoms. The molecular formula is C16H27NO. The maximum atomic E-state index is 10.3. The second kappa shape index (κ2) is 4.73. The van der Waals surface area contributed by atoms with E-state index in [0.717, 1.165) is 18.4 Å². The van der Waals surface area contributed by atoms with Gasteiger partial charge in [-0.15, -0.1) is 0 Å². The molecule has 2 atom stereocenters. The van der Waals surface area contributed by atoms with E-state index in [9.17, 15) is 5.11 Å². The van der Waals surface area contributed by atoms with Crippen LogP contribution in [-0.2, 0) is 6.42 Å². The van der Waals surface area contributed by atoms with Crippen molar-refractivity contribution in [2.45, 2.75) is 66.0 Å². The Labute approximate surface area is 111 Å². The SMILES string of the molecule is CC(C)CC(C)n1ccc2c1CC(C)(C)CC2O. The Morgan fingerprint density at radius 2 is 2.06 bits per heavy atom. The molecule has 0 aromatic carbocycles. The van der Waals surface area contributed by atoms with Gasteiger partial charge in [0.15, 0.2) is 0 Å². The second-order valence-corrected chi connectivity index (χ2v) is 7.16. The molecule has 102 valence electrons. The van der Waals surface area contributed by atoms with Crippen LogP contribution in [0, 0.1) is 11.3 Å². The van der Waals surface area contributed by atoms with E-state index in [-0.39, 0.29) is 11.5 Å². The Bertz CT molecular complexity index is 417. The molecule has 0 spiro atoms. The van der Waals surface area contributed by atoms with Gasteiger partial charge in [0.25, 0.3) is 0 Å². The molecule has 1 heterocycles. The monoisotopic (exact) mass is 249 g/mol. The first-order valence-corrected chi connectivity index (χ1v) is 7.18. The van der Waals surface area contributed by atoms with E-state index in [1.807, 2.05) is 0 Å². The van der Waals surface area contributed by atoms with Gasteiger partial charge in [-0.3, -0.25) is 0 Å². The zero-order chi connectivity index (χ0) is 13.5. The van der Waals surface area contributed by atoms with E-state index in [1.54, 1.807) is 0 Å². The molecular weight excluding hydrogens is 222 g/mol. The molecule has 2 unspecified atom stereocenters. The molecule has 0 saturated carbocycles. The zero-order valence-electron chi connectivity index (χ0n) is 12.4. The number of rotatable bonds is 3. The van der Waals surface area contributed by atoms with Gasteiger partial charge >= 0.3 is 0 Å². The lowest BCUT2D eigenvalue weighted by atomic mass is 9.75. The average Bonchev–Trinajstić information content (AvgIpc) is 2.58. The molecule has 2 nitrogen and oxygen atoms in total. The van der Waals surface area contributed by atoms with Crippen molar-refractivity contribution in [2.75, 3.05) is 0 Å². The molecule has 0 amide bonds. The van der Waals surface area contributed by atoms with Gasteiger partial charge in [-0.1, -0.05) is 27.7 Å². The largest absolute Gasteiger partial charge is 0.388 e. The van der Waals surface area contributed by atoms with Crippen molar-refractivity contribution in [1.29, 1.82) is 0 Å². The first-order chi connectivity index (χ1) is 8.30. The van der Waals surface area contributed by atoms with Gasteiger partial charge in [0, 0.05) is 23.5 Å². The summed E-state index contributed by atoms with van der Waals surface area (Å²) in [5.41, 5.74) is 2.72. The van der Waals surface area contributed by atoms with Gasteiger partial charge in [-0.05, 0) is 43.6 Å². The van der Waals surface area contributed by atoms with Crippen LogP contribution in [0.3, 0.4) is 0 Å². The molecule has 0 fully saturated rings. The highest BCUT2D eigenvalue weighted by atomic mass is 16.3. The summed E-state index contributed by atoms with van der Waals surface area (Å²) in [6, 6.07) is 2.64. The smallest absolute Gasteiger partial charge is 0.0812 e. The lowest BCUT2D eigenvalue weighted by Gasteiger charge is -2.35. The number of aromatic nitrogens is 1. The van der Waals surface area contributed by atoms with Crippen molar-refractivity contribution >= 4 is 0 Å². The van der Waals surface area contributed by atoms with E-state index in [0.29, 0.717) is 12.0 Å². The maximum absolute atomic E-state index is 10.3. The van der Waals surface area contributed by atoms with E-state index in [4.69, 9.17) is 0 Å². The van der Waals surface area contributed by atoms with Crippen LogP contribution in [0.4, 0.5) is 0 Å². The number of fused-ring (bicyclic) bond motifs is 1. The number of aliphatic hydroxyl groups excluding tert-OH is 1. The van der Waals surface area contributed by atoms with E-state index < -0.39 is 0 Å². The van der Waals surface area contributed by atoms with Crippen LogP contribution in [0.25, 0.3) is 0 Å². The topological polar surface area (TPSA) is 25.2 Å². The molecule has 1 aliphatic rings. The highest BCUT2D eigenvalue weighted by Crippen LogP contribution is 2.42. The quantitative estimate of drug-likeness (QED) is 0.857. The predicted molar refractivity (Wildman–Crippen MR) is 75.7 cm³/mol. The van der Waals surface area contributed by atoms with Crippen LogP contribution in [0.15, 0.2) is 12.3 Å². The molecule has 0 radical (unpaired) electrons. The Morgan fingerprint density at radius 1 is 1.39 bits per heavy atom. The molecule has 2 heteroatoms. The summed E-state index contributed by atoms with van der Waals surface area (Å²) < 4.78 is 2.39. The van der Waals surface area contributed by atoms with Gasteiger partial charge in [0.05, 0.1) is 6.10 Å². The third kappa shape index (κ3) is 2.64. The summed E-state index contributed by atoms with van der Waals surface area (Å²) in [6.45, 7) is 11.3. The Kier molecular flexibility index (Phi) is 3.59. The van der Waals surface area contributed by atoms with Gasteiger partial charge in [0.2, 0.25) is 0 Å². The molecule has 1 aliphatic carbocycles. The molecule has 2 rings (SSSR count). The standard InChI is InChI=1S/C16H27NO/c1-11(2)8-12(3)17-7-6-13-14(17)9-16(4,5)10-15(13)18/h6-7,11-12,15,18H,8-10H2,1-5H3. The minimum Gasteiger partial charge on any atom is -0.388 e. The van der Waals surface area contributed by atoms with Crippen LogP contribution in [0.2, 0.25) is 0 Å². The van der Waals surface area contributed by atoms with Crippen LogP contribution in [-0.4, -0.2) is 9.67 Å². The summed E-state index contributed by atoms with van der Waals surface area (Å²) >= 11 is 0. The minimum absolute atomic E-state index is 0.208. The van der Waals surface area contributed by atoms with Gasteiger partial charge in [-0.2, -0.15) is 0 Å². The Hall–Kier alpha value is -0.760. The van der Waals surface area contributed by atoms with Crippen molar-refractivity contribution in [3.63, 3.8) is 0 Å². The summed E-state index contributed by atoms with van der Waals surface area (Å²) in [7, 11) is 0. The predicted octanol–water partition coefficient (Wildman–Crippen LogP) is 4.10. The normalized spacial score (nSPS) is 24.1. The van der Waals surface area contributed by atoms with E-state index in [2.05, 4.69) is 51.4 Å². The van der Waals surface area contributed by atoms with E-state index in [1.165, 1.54) is 12.1 Å². The number of hydrogen-bond donors (Lipinski definition) is 1. The van der Waals surface area contributed by atoms with Gasteiger partial charge in [-0.25, -0.2) is 0 Å². The molecule has 0 bridgehead atoms. The first kappa shape index (κ1) is 13.7. The van der Waals surface area contributed by atoms with Crippen LogP contribution in [0.1, 0.15) is 70.9 Å². The average molecular weight is 249 g/mol. The third-order valence-corrected chi connectivity index (χ3v) is 4.10. The van der Waals surface area contributed by atoms with Gasteiger partial charge < -0.3 is 9.67 Å². The van der Waals surface area contributed by atoms with Crippen molar-refractivity contribution in [2.24, 2.45) is 11.3 Å². The summed E-state index contributed by atoms with van der Waals surface area (Å²) in [4.78, 5) is 0. The molecule has 1 aromatic rings.